The van der Waals surface area contributed by atoms with Gasteiger partial charge in [-0.2, -0.15) is 0 Å². The fourth-order valence-corrected chi connectivity index (χ4v) is 4.23. The average Bonchev–Trinajstić information content (AvgIpc) is 3.15. The van der Waals surface area contributed by atoms with Gasteiger partial charge >= 0.3 is 0 Å². The summed E-state index contributed by atoms with van der Waals surface area (Å²) in [5.74, 6) is 1.03. The van der Waals surface area contributed by atoms with Crippen molar-refractivity contribution < 1.29 is 5.11 Å². The summed E-state index contributed by atoms with van der Waals surface area (Å²) in [7, 11) is 0. The van der Waals surface area contributed by atoms with Crippen LogP contribution in [-0.4, -0.2) is 15.1 Å². The molecule has 5 rings (SSSR count). The molecule has 27 heavy (non-hydrogen) atoms. The van der Waals surface area contributed by atoms with Crippen LogP contribution in [0, 0.1) is 0 Å². The smallest absolute Gasteiger partial charge is 0.142 e. The lowest BCUT2D eigenvalue weighted by atomic mass is 10.1. The van der Waals surface area contributed by atoms with Gasteiger partial charge in [0.15, 0.2) is 0 Å². The molecule has 0 aliphatic rings. The van der Waals surface area contributed by atoms with Gasteiger partial charge in [0.05, 0.1) is 5.39 Å². The first-order valence-electron chi connectivity index (χ1n) is 8.57. The van der Waals surface area contributed by atoms with Crippen molar-refractivity contribution in [2.45, 2.75) is 0 Å². The number of nitrogens with one attached hydrogen (secondary N) is 1. The lowest BCUT2D eigenvalue weighted by Crippen LogP contribution is -1.95. The normalized spacial score (nSPS) is 11.1. The van der Waals surface area contributed by atoms with Gasteiger partial charge in [-0.1, -0.05) is 54.6 Å². The van der Waals surface area contributed by atoms with Crippen LogP contribution in [0.1, 0.15) is 0 Å². The van der Waals surface area contributed by atoms with E-state index in [1.807, 2.05) is 48.5 Å². The minimum Gasteiger partial charge on any atom is -0.507 e. The van der Waals surface area contributed by atoms with Crippen LogP contribution in [0.4, 0.5) is 11.5 Å². The highest BCUT2D eigenvalue weighted by molar-refractivity contribution is 7.21. The molecule has 5 heteroatoms. The molecule has 0 radical (unpaired) electrons. The molecule has 0 fully saturated rings. The number of thiophene rings is 1. The van der Waals surface area contributed by atoms with Crippen LogP contribution in [0.2, 0.25) is 0 Å². The predicted molar refractivity (Wildman–Crippen MR) is 112 cm³/mol. The van der Waals surface area contributed by atoms with E-state index in [2.05, 4.69) is 33.5 Å². The van der Waals surface area contributed by atoms with Crippen LogP contribution >= 0.6 is 11.3 Å². The Morgan fingerprint density at radius 1 is 0.778 bits per heavy atom. The molecule has 2 N–H and O–H groups in total. The van der Waals surface area contributed by atoms with E-state index in [1.54, 1.807) is 23.7 Å². The summed E-state index contributed by atoms with van der Waals surface area (Å²) in [4.78, 5) is 11.0. The molecule has 2 aromatic heterocycles. The standard InChI is InChI=1S/C22H15N3OS/c26-19-11-5-8-15-16(19)9-4-10-18(15)25-21-17-12-20(14-6-2-1-3-7-14)27-22(17)24-13-23-21/h1-13,26H,(H,23,24,25). The second kappa shape index (κ2) is 6.37. The SMILES string of the molecule is Oc1cccc2c(Nc3ncnc4sc(-c5ccccc5)cc34)cccc12. The summed E-state index contributed by atoms with van der Waals surface area (Å²) in [6, 6.07) is 23.7. The highest BCUT2D eigenvalue weighted by Crippen LogP contribution is 2.37. The van der Waals surface area contributed by atoms with Crippen molar-refractivity contribution in [2.75, 3.05) is 5.32 Å². The number of fused-ring (bicyclic) bond motifs is 2. The van der Waals surface area contributed by atoms with Gasteiger partial charge in [-0.25, -0.2) is 9.97 Å². The van der Waals surface area contributed by atoms with Crippen molar-refractivity contribution in [1.29, 1.82) is 0 Å². The lowest BCUT2D eigenvalue weighted by molar-refractivity contribution is 0.481. The van der Waals surface area contributed by atoms with E-state index in [1.165, 1.54) is 5.56 Å². The molecule has 0 amide bonds. The summed E-state index contributed by atoms with van der Waals surface area (Å²) < 4.78 is 0. The number of aromatic nitrogens is 2. The molecular weight excluding hydrogens is 354 g/mol. The van der Waals surface area contributed by atoms with Crippen LogP contribution in [0.3, 0.4) is 0 Å². The van der Waals surface area contributed by atoms with E-state index in [4.69, 9.17) is 0 Å². The number of hydrogen-bond acceptors (Lipinski definition) is 5. The van der Waals surface area contributed by atoms with Crippen LogP contribution in [0.15, 0.2) is 79.1 Å². The zero-order valence-corrected chi connectivity index (χ0v) is 15.1. The van der Waals surface area contributed by atoms with Crippen LogP contribution < -0.4 is 5.32 Å². The molecule has 0 aliphatic carbocycles. The van der Waals surface area contributed by atoms with Crippen molar-refractivity contribution >= 4 is 43.8 Å². The monoisotopic (exact) mass is 369 g/mol. The van der Waals surface area contributed by atoms with Crippen molar-refractivity contribution in [3.8, 4) is 16.2 Å². The highest BCUT2D eigenvalue weighted by Gasteiger charge is 2.12. The van der Waals surface area contributed by atoms with Gasteiger partial charge in [0.1, 0.15) is 22.7 Å². The maximum absolute atomic E-state index is 10.1. The minimum absolute atomic E-state index is 0.269. The molecule has 130 valence electrons. The van der Waals surface area contributed by atoms with Crippen molar-refractivity contribution in [1.82, 2.24) is 9.97 Å². The van der Waals surface area contributed by atoms with Crippen LogP contribution in [0.25, 0.3) is 31.4 Å². The summed E-state index contributed by atoms with van der Waals surface area (Å²) in [6.07, 6.45) is 1.58. The first-order chi connectivity index (χ1) is 13.3. The minimum atomic E-state index is 0.269. The fourth-order valence-electron chi connectivity index (χ4n) is 3.23. The van der Waals surface area contributed by atoms with Gasteiger partial charge in [0.25, 0.3) is 0 Å². The molecule has 3 aromatic carbocycles. The Balaban J connectivity index is 1.62. The van der Waals surface area contributed by atoms with Crippen molar-refractivity contribution in [3.05, 3.63) is 79.1 Å². The Labute approximate surface area is 159 Å². The Hall–Kier alpha value is -3.44. The third-order valence-electron chi connectivity index (χ3n) is 4.54. The highest BCUT2D eigenvalue weighted by atomic mass is 32.1. The first-order valence-corrected chi connectivity index (χ1v) is 9.39. The molecule has 0 aliphatic heterocycles. The van der Waals surface area contributed by atoms with E-state index in [0.717, 1.165) is 37.4 Å². The van der Waals surface area contributed by atoms with E-state index in [-0.39, 0.29) is 5.75 Å². The molecule has 0 atom stereocenters. The van der Waals surface area contributed by atoms with Crippen molar-refractivity contribution in [3.63, 3.8) is 0 Å². The maximum atomic E-state index is 10.1. The van der Waals surface area contributed by atoms with E-state index in [0.29, 0.717) is 0 Å². The van der Waals surface area contributed by atoms with E-state index in [9.17, 15) is 5.11 Å². The average molecular weight is 369 g/mol. The molecular formula is C22H15N3OS. The number of anilines is 2. The summed E-state index contributed by atoms with van der Waals surface area (Å²) in [5, 5.41) is 16.3. The second-order valence-corrected chi connectivity index (χ2v) is 7.25. The molecule has 0 unspecified atom stereocenters. The van der Waals surface area contributed by atoms with Gasteiger partial charge in [0.2, 0.25) is 0 Å². The van der Waals surface area contributed by atoms with Gasteiger partial charge in [-0.3, -0.25) is 0 Å². The topological polar surface area (TPSA) is 58.0 Å². The number of phenolic OH excluding ortho intramolecular Hbond substituents is 1. The molecule has 4 nitrogen and oxygen atoms in total. The number of aromatic hydroxyl groups is 1. The Kier molecular flexibility index (Phi) is 3.73. The summed E-state index contributed by atoms with van der Waals surface area (Å²) in [5.41, 5.74) is 2.07. The van der Waals surface area contributed by atoms with E-state index >= 15 is 0 Å². The molecule has 0 bridgehead atoms. The number of phenols is 1. The quantitative estimate of drug-likeness (QED) is 0.412. The lowest BCUT2D eigenvalue weighted by Gasteiger charge is -2.10. The number of hydrogen-bond donors (Lipinski definition) is 2. The second-order valence-electron chi connectivity index (χ2n) is 6.22. The largest absolute Gasteiger partial charge is 0.507 e. The summed E-state index contributed by atoms with van der Waals surface area (Å²) in [6.45, 7) is 0. The third-order valence-corrected chi connectivity index (χ3v) is 5.63. The Morgan fingerprint density at radius 2 is 1.59 bits per heavy atom. The molecule has 0 saturated carbocycles. The first kappa shape index (κ1) is 15.8. The summed E-state index contributed by atoms with van der Waals surface area (Å²) >= 11 is 1.65. The third kappa shape index (κ3) is 2.78. The maximum Gasteiger partial charge on any atom is 0.142 e. The molecule has 5 aromatic rings. The van der Waals surface area contributed by atoms with Gasteiger partial charge in [-0.15, -0.1) is 11.3 Å². The zero-order chi connectivity index (χ0) is 18.2. The van der Waals surface area contributed by atoms with E-state index < -0.39 is 0 Å². The van der Waals surface area contributed by atoms with Gasteiger partial charge in [-0.05, 0) is 23.8 Å². The predicted octanol–water partition coefficient (Wildman–Crippen LogP) is 5.96. The van der Waals surface area contributed by atoms with Gasteiger partial charge < -0.3 is 10.4 Å². The molecule has 0 saturated heterocycles. The number of benzene rings is 3. The molecule has 2 heterocycles. The Morgan fingerprint density at radius 3 is 2.48 bits per heavy atom. The van der Waals surface area contributed by atoms with Crippen LogP contribution in [0.5, 0.6) is 5.75 Å². The number of rotatable bonds is 3. The number of nitrogens with zero attached hydrogens (tertiary/aromatic N) is 2. The van der Waals surface area contributed by atoms with Crippen molar-refractivity contribution in [2.24, 2.45) is 0 Å². The Bertz CT molecular complexity index is 1260. The van der Waals surface area contributed by atoms with Crippen LogP contribution in [-0.2, 0) is 0 Å². The van der Waals surface area contributed by atoms with Gasteiger partial charge in [0, 0.05) is 21.3 Å². The zero-order valence-electron chi connectivity index (χ0n) is 14.3. The molecule has 0 spiro atoms. The fraction of sp³-hybridized carbons (Fsp3) is 0.